The van der Waals surface area contributed by atoms with E-state index in [2.05, 4.69) is 0 Å². The number of thiophene rings is 1. The maximum absolute atomic E-state index is 12.4. The van der Waals surface area contributed by atoms with Crippen LogP contribution in [0.25, 0.3) is 0 Å². The Hall–Kier alpha value is -1.46. The number of ether oxygens (including phenoxy) is 1. The van der Waals surface area contributed by atoms with Crippen LogP contribution in [-0.2, 0) is 17.6 Å². The number of rotatable bonds is 4. The van der Waals surface area contributed by atoms with Crippen molar-refractivity contribution in [2.75, 3.05) is 12.3 Å². The fraction of sp³-hybridized carbons (Fsp3) is 0.353. The molecule has 1 aromatic heterocycles. The Kier molecular flexibility index (Phi) is 4.74. The third-order valence-electron chi connectivity index (χ3n) is 3.74. The van der Waals surface area contributed by atoms with Crippen LogP contribution in [0.2, 0.25) is 0 Å². The number of para-hydroxylation sites is 1. The fourth-order valence-electron chi connectivity index (χ4n) is 2.70. The van der Waals surface area contributed by atoms with Crippen LogP contribution < -0.4 is 5.73 Å². The average molecular weight is 333 g/mol. The van der Waals surface area contributed by atoms with Crippen LogP contribution in [-0.4, -0.2) is 12.6 Å². The number of esters is 1. The van der Waals surface area contributed by atoms with E-state index >= 15 is 0 Å². The molecule has 1 aromatic carbocycles. The highest BCUT2D eigenvalue weighted by Crippen LogP contribution is 2.44. The minimum Gasteiger partial charge on any atom is -0.462 e. The van der Waals surface area contributed by atoms with Gasteiger partial charge in [-0.05, 0) is 50.3 Å². The highest BCUT2D eigenvalue weighted by atomic mass is 32.2. The normalized spacial score (nSPS) is 13.7. The first-order chi connectivity index (χ1) is 10.7. The molecule has 22 heavy (non-hydrogen) atoms. The van der Waals surface area contributed by atoms with Gasteiger partial charge in [0.25, 0.3) is 0 Å². The summed E-state index contributed by atoms with van der Waals surface area (Å²) < 4.78 is 6.30. The number of aryl methyl sites for hydroxylation is 1. The molecule has 0 atom stereocenters. The van der Waals surface area contributed by atoms with Crippen molar-refractivity contribution in [2.24, 2.45) is 0 Å². The summed E-state index contributed by atoms with van der Waals surface area (Å²) in [4.78, 5) is 14.7. The van der Waals surface area contributed by atoms with Gasteiger partial charge >= 0.3 is 5.97 Å². The monoisotopic (exact) mass is 333 g/mol. The van der Waals surface area contributed by atoms with Gasteiger partial charge in [-0.2, -0.15) is 0 Å². The third kappa shape index (κ3) is 3.01. The number of fused-ring (bicyclic) bond motifs is 1. The Bertz CT molecular complexity index is 694. The number of carbonyl (C=O) groups excluding carboxylic acids is 1. The number of benzene rings is 1. The van der Waals surface area contributed by atoms with Gasteiger partial charge in [0.15, 0.2) is 0 Å². The molecule has 0 unspecified atom stereocenters. The SMILES string of the molecule is CCOC(=O)c1c(Sc2ccccc2N)sc2c1CCCC2. The van der Waals surface area contributed by atoms with E-state index in [1.165, 1.54) is 16.9 Å². The first kappa shape index (κ1) is 15.4. The average Bonchev–Trinajstić information content (AvgIpc) is 2.88. The molecule has 0 radical (unpaired) electrons. The van der Waals surface area contributed by atoms with Crippen molar-refractivity contribution < 1.29 is 9.53 Å². The first-order valence-electron chi connectivity index (χ1n) is 7.54. The highest BCUT2D eigenvalue weighted by molar-refractivity contribution is 8.01. The maximum atomic E-state index is 12.4. The summed E-state index contributed by atoms with van der Waals surface area (Å²) in [5, 5.41) is 0. The fourth-order valence-corrected chi connectivity index (χ4v) is 5.38. The number of hydrogen-bond acceptors (Lipinski definition) is 5. The van der Waals surface area contributed by atoms with Crippen molar-refractivity contribution in [1.82, 2.24) is 0 Å². The second-order valence-electron chi connectivity index (χ2n) is 5.23. The topological polar surface area (TPSA) is 52.3 Å². The minimum absolute atomic E-state index is 0.195. The molecule has 0 saturated carbocycles. The van der Waals surface area contributed by atoms with Crippen molar-refractivity contribution in [3.8, 4) is 0 Å². The van der Waals surface area contributed by atoms with Gasteiger partial charge in [-0.15, -0.1) is 11.3 Å². The number of nitrogen functional groups attached to an aromatic ring is 1. The summed E-state index contributed by atoms with van der Waals surface area (Å²) in [7, 11) is 0. The Balaban J connectivity index is 2.01. The first-order valence-corrected chi connectivity index (χ1v) is 9.18. The molecule has 0 bridgehead atoms. The Morgan fingerprint density at radius 1 is 1.32 bits per heavy atom. The Labute approximate surface area is 138 Å². The predicted molar refractivity (Wildman–Crippen MR) is 91.9 cm³/mol. The molecular weight excluding hydrogens is 314 g/mol. The van der Waals surface area contributed by atoms with Gasteiger partial charge in [-0.1, -0.05) is 23.9 Å². The van der Waals surface area contributed by atoms with Crippen molar-refractivity contribution in [2.45, 2.75) is 41.7 Å². The quantitative estimate of drug-likeness (QED) is 0.659. The second-order valence-corrected chi connectivity index (χ2v) is 7.65. The number of carbonyl (C=O) groups is 1. The molecule has 2 N–H and O–H groups in total. The minimum atomic E-state index is -0.195. The smallest absolute Gasteiger partial charge is 0.340 e. The summed E-state index contributed by atoms with van der Waals surface area (Å²) in [5.74, 6) is -0.195. The van der Waals surface area contributed by atoms with Crippen LogP contribution >= 0.6 is 23.1 Å². The summed E-state index contributed by atoms with van der Waals surface area (Å²) in [6.07, 6.45) is 4.39. The molecule has 1 heterocycles. The van der Waals surface area contributed by atoms with E-state index in [1.54, 1.807) is 23.1 Å². The van der Waals surface area contributed by atoms with E-state index in [1.807, 2.05) is 31.2 Å². The number of anilines is 1. The molecule has 1 aliphatic rings. The van der Waals surface area contributed by atoms with E-state index in [0.29, 0.717) is 6.61 Å². The second kappa shape index (κ2) is 6.75. The van der Waals surface area contributed by atoms with Crippen LogP contribution in [0.1, 0.15) is 40.6 Å². The van der Waals surface area contributed by atoms with Crippen LogP contribution in [0.3, 0.4) is 0 Å². The lowest BCUT2D eigenvalue weighted by Gasteiger charge is -2.12. The summed E-state index contributed by atoms with van der Waals surface area (Å²) in [5.41, 5.74) is 8.76. The maximum Gasteiger partial charge on any atom is 0.340 e. The lowest BCUT2D eigenvalue weighted by Crippen LogP contribution is -2.10. The highest BCUT2D eigenvalue weighted by Gasteiger charge is 2.26. The van der Waals surface area contributed by atoms with Crippen molar-refractivity contribution in [1.29, 1.82) is 0 Å². The van der Waals surface area contributed by atoms with Crippen molar-refractivity contribution in [3.05, 3.63) is 40.3 Å². The zero-order valence-corrected chi connectivity index (χ0v) is 14.2. The zero-order chi connectivity index (χ0) is 15.5. The van der Waals surface area contributed by atoms with Gasteiger partial charge in [0.2, 0.25) is 0 Å². The summed E-state index contributed by atoms with van der Waals surface area (Å²) in [6.45, 7) is 2.25. The molecular formula is C17H19NO2S2. The van der Waals surface area contributed by atoms with E-state index < -0.39 is 0 Å². The number of hydrogen-bond donors (Lipinski definition) is 1. The van der Waals surface area contributed by atoms with Gasteiger partial charge in [-0.25, -0.2) is 4.79 Å². The van der Waals surface area contributed by atoms with E-state index in [9.17, 15) is 4.79 Å². The van der Waals surface area contributed by atoms with E-state index in [4.69, 9.17) is 10.5 Å². The molecule has 0 amide bonds. The molecule has 3 rings (SSSR count). The summed E-state index contributed by atoms with van der Waals surface area (Å²) >= 11 is 3.31. The predicted octanol–water partition coefficient (Wildman–Crippen LogP) is 4.54. The standard InChI is InChI=1S/C17H19NO2S2/c1-2-20-16(19)15-11-7-3-5-9-13(11)21-17(15)22-14-10-6-4-8-12(14)18/h4,6,8,10H,2-3,5,7,9,18H2,1H3. The van der Waals surface area contributed by atoms with Crippen molar-refractivity contribution >= 4 is 34.8 Å². The van der Waals surface area contributed by atoms with Gasteiger partial charge in [0, 0.05) is 15.5 Å². The van der Waals surface area contributed by atoms with Crippen LogP contribution in [0.15, 0.2) is 33.4 Å². The van der Waals surface area contributed by atoms with Gasteiger partial charge in [0.1, 0.15) is 0 Å². The molecule has 1 aliphatic carbocycles. The van der Waals surface area contributed by atoms with Crippen molar-refractivity contribution in [3.63, 3.8) is 0 Å². The van der Waals surface area contributed by atoms with E-state index in [0.717, 1.165) is 39.6 Å². The molecule has 0 fully saturated rings. The van der Waals surface area contributed by atoms with Crippen LogP contribution in [0.4, 0.5) is 5.69 Å². The van der Waals surface area contributed by atoms with Gasteiger partial charge < -0.3 is 10.5 Å². The lowest BCUT2D eigenvalue weighted by atomic mass is 9.96. The van der Waals surface area contributed by atoms with E-state index in [-0.39, 0.29) is 5.97 Å². The summed E-state index contributed by atoms with van der Waals surface area (Å²) in [6, 6.07) is 7.77. The molecule has 2 aromatic rings. The lowest BCUT2D eigenvalue weighted by molar-refractivity contribution is 0.0522. The van der Waals surface area contributed by atoms with Crippen LogP contribution in [0, 0.1) is 0 Å². The zero-order valence-electron chi connectivity index (χ0n) is 12.6. The number of nitrogens with two attached hydrogens (primary N) is 1. The van der Waals surface area contributed by atoms with Gasteiger partial charge in [-0.3, -0.25) is 0 Å². The Morgan fingerprint density at radius 3 is 2.86 bits per heavy atom. The third-order valence-corrected chi connectivity index (χ3v) is 6.31. The molecule has 0 saturated heterocycles. The van der Waals surface area contributed by atoms with Crippen LogP contribution in [0.5, 0.6) is 0 Å². The molecule has 0 spiro atoms. The van der Waals surface area contributed by atoms with Gasteiger partial charge in [0.05, 0.1) is 16.4 Å². The largest absolute Gasteiger partial charge is 0.462 e. The Morgan fingerprint density at radius 2 is 2.09 bits per heavy atom. The molecule has 0 aliphatic heterocycles. The molecule has 5 heteroatoms. The molecule has 3 nitrogen and oxygen atoms in total. The molecule has 116 valence electrons.